The van der Waals surface area contributed by atoms with E-state index in [2.05, 4.69) is 0 Å². The minimum atomic E-state index is -3.61. The third kappa shape index (κ3) is 7.48. The predicted octanol–water partition coefficient (Wildman–Crippen LogP) is 4.87. The number of hydrogen-bond acceptors (Lipinski definition) is 7. The van der Waals surface area contributed by atoms with E-state index in [-0.39, 0.29) is 18.9 Å². The lowest BCUT2D eigenvalue weighted by atomic mass is 10.0. The molecule has 0 aliphatic carbocycles. The largest absolute Gasteiger partial charge is 0.497 e. The van der Waals surface area contributed by atoms with Crippen LogP contribution in [0.25, 0.3) is 0 Å². The van der Waals surface area contributed by atoms with Gasteiger partial charge in [0.05, 0.1) is 51.2 Å². The SMILES string of the molecule is COc1ccc(CN(c2ccc(C(=O)c3ccc(N(Cc4ccc(OC)cc4)S(C)(=O)=O)cc3)cc2)S(C)(=O)=O)cc1. The van der Waals surface area contributed by atoms with E-state index in [4.69, 9.17) is 9.47 Å². The summed E-state index contributed by atoms with van der Waals surface area (Å²) in [5.74, 6) is 1.05. The number of hydrogen-bond donors (Lipinski definition) is 0. The van der Waals surface area contributed by atoms with Gasteiger partial charge in [0.25, 0.3) is 0 Å². The van der Waals surface area contributed by atoms with Crippen molar-refractivity contribution in [2.75, 3.05) is 35.3 Å². The van der Waals surface area contributed by atoms with Crippen molar-refractivity contribution >= 4 is 37.2 Å². The summed E-state index contributed by atoms with van der Waals surface area (Å²) in [6.07, 6.45) is 2.26. The van der Waals surface area contributed by atoms with Crippen molar-refractivity contribution in [2.45, 2.75) is 13.1 Å². The summed E-state index contributed by atoms with van der Waals surface area (Å²) in [4.78, 5) is 13.2. The molecule has 0 aromatic heterocycles. The molecule has 11 heteroatoms. The maximum Gasteiger partial charge on any atom is 0.232 e. The van der Waals surface area contributed by atoms with Gasteiger partial charge in [-0.05, 0) is 83.9 Å². The molecule has 0 bridgehead atoms. The number of sulfonamides is 2. The normalized spacial score (nSPS) is 11.5. The highest BCUT2D eigenvalue weighted by atomic mass is 32.2. The third-order valence-electron chi connectivity index (χ3n) is 6.61. The monoisotopic (exact) mass is 608 g/mol. The van der Waals surface area contributed by atoms with E-state index in [1.54, 1.807) is 111 Å². The van der Waals surface area contributed by atoms with E-state index in [0.29, 0.717) is 34.0 Å². The lowest BCUT2D eigenvalue weighted by Gasteiger charge is -2.23. The molecule has 9 nitrogen and oxygen atoms in total. The fourth-order valence-electron chi connectivity index (χ4n) is 4.32. The quantitative estimate of drug-likeness (QED) is 0.211. The van der Waals surface area contributed by atoms with Gasteiger partial charge in [0.15, 0.2) is 5.78 Å². The molecule has 42 heavy (non-hydrogen) atoms. The van der Waals surface area contributed by atoms with E-state index in [1.807, 2.05) is 0 Å². The fourth-order valence-corrected chi connectivity index (χ4v) is 6.09. The first-order valence-corrected chi connectivity index (χ1v) is 16.5. The van der Waals surface area contributed by atoms with Crippen molar-refractivity contribution in [3.8, 4) is 11.5 Å². The topological polar surface area (TPSA) is 110 Å². The van der Waals surface area contributed by atoms with Gasteiger partial charge in [-0.25, -0.2) is 16.8 Å². The maximum absolute atomic E-state index is 13.2. The van der Waals surface area contributed by atoms with E-state index >= 15 is 0 Å². The Hall–Kier alpha value is -4.35. The van der Waals surface area contributed by atoms with Crippen molar-refractivity contribution in [1.29, 1.82) is 0 Å². The number of ether oxygens (including phenoxy) is 2. The predicted molar refractivity (Wildman–Crippen MR) is 164 cm³/mol. The first kappa shape index (κ1) is 30.6. The summed E-state index contributed by atoms with van der Waals surface area (Å²) in [7, 11) is -4.10. The van der Waals surface area contributed by atoms with Crippen molar-refractivity contribution in [3.05, 3.63) is 119 Å². The molecule has 0 N–H and O–H groups in total. The number of ketones is 1. The van der Waals surface area contributed by atoms with Crippen LogP contribution in [0, 0.1) is 0 Å². The average Bonchev–Trinajstić information content (AvgIpc) is 2.98. The molecule has 4 rings (SSSR count). The molecular weight excluding hydrogens is 576 g/mol. The second kappa shape index (κ2) is 12.7. The van der Waals surface area contributed by atoms with Gasteiger partial charge >= 0.3 is 0 Å². The van der Waals surface area contributed by atoms with Gasteiger partial charge in [-0.15, -0.1) is 0 Å². The molecule has 0 unspecified atom stereocenters. The number of rotatable bonds is 12. The first-order valence-electron chi connectivity index (χ1n) is 12.8. The number of methoxy groups -OCH3 is 2. The zero-order valence-corrected chi connectivity index (χ0v) is 25.4. The van der Waals surface area contributed by atoms with Gasteiger partial charge in [-0.3, -0.25) is 13.4 Å². The van der Waals surface area contributed by atoms with Gasteiger partial charge in [0, 0.05) is 11.1 Å². The van der Waals surface area contributed by atoms with Crippen LogP contribution in [0.3, 0.4) is 0 Å². The number of carbonyl (C=O) groups is 1. The Labute approximate surface area is 247 Å². The van der Waals surface area contributed by atoms with E-state index < -0.39 is 20.0 Å². The number of benzene rings is 4. The Balaban J connectivity index is 1.52. The summed E-state index contributed by atoms with van der Waals surface area (Å²) < 4.78 is 63.2. The number of nitrogens with zero attached hydrogens (tertiary/aromatic N) is 2. The second-order valence-electron chi connectivity index (χ2n) is 9.66. The Kier molecular flexibility index (Phi) is 9.23. The van der Waals surface area contributed by atoms with Crippen LogP contribution in [0.1, 0.15) is 27.0 Å². The molecule has 0 radical (unpaired) electrons. The standard InChI is InChI=1S/C31H32N2O7S2/c1-39-29-17-5-23(6-18-29)21-32(41(3,35)36)27-13-9-25(10-14-27)31(34)26-11-15-28(16-12-26)33(42(4,37)38)22-24-7-19-30(40-2)20-8-24/h5-20H,21-22H2,1-4H3. The van der Waals surface area contributed by atoms with Crippen LogP contribution < -0.4 is 18.1 Å². The smallest absolute Gasteiger partial charge is 0.232 e. The van der Waals surface area contributed by atoms with Gasteiger partial charge in [0.1, 0.15) is 11.5 Å². The minimum absolute atomic E-state index is 0.116. The molecule has 0 heterocycles. The molecule has 0 saturated carbocycles. The zero-order chi connectivity index (χ0) is 30.5. The van der Waals surface area contributed by atoms with Crippen molar-refractivity contribution in [1.82, 2.24) is 0 Å². The summed E-state index contributed by atoms with van der Waals surface area (Å²) in [5.41, 5.74) is 3.11. The Morgan fingerprint density at radius 2 is 0.857 bits per heavy atom. The minimum Gasteiger partial charge on any atom is -0.497 e. The number of carbonyl (C=O) groups excluding carboxylic acids is 1. The Morgan fingerprint density at radius 3 is 1.12 bits per heavy atom. The number of anilines is 2. The molecule has 0 saturated heterocycles. The second-order valence-corrected chi connectivity index (χ2v) is 13.5. The van der Waals surface area contributed by atoms with E-state index in [0.717, 1.165) is 23.6 Å². The van der Waals surface area contributed by atoms with Gasteiger partial charge in [0.2, 0.25) is 20.0 Å². The van der Waals surface area contributed by atoms with Crippen LogP contribution in [0.15, 0.2) is 97.1 Å². The summed E-state index contributed by atoms with van der Waals surface area (Å²) in [6, 6.07) is 26.9. The molecule has 4 aromatic carbocycles. The van der Waals surface area contributed by atoms with Crippen LogP contribution >= 0.6 is 0 Å². The summed E-state index contributed by atoms with van der Waals surface area (Å²) in [5, 5.41) is 0. The maximum atomic E-state index is 13.2. The lowest BCUT2D eigenvalue weighted by Crippen LogP contribution is -2.29. The Bertz CT molecular complexity index is 1610. The molecule has 4 aromatic rings. The van der Waals surface area contributed by atoms with Crippen LogP contribution in [-0.2, 0) is 33.1 Å². The van der Waals surface area contributed by atoms with Gasteiger partial charge in [-0.2, -0.15) is 0 Å². The van der Waals surface area contributed by atoms with Crippen LogP contribution in [0.2, 0.25) is 0 Å². The highest BCUT2D eigenvalue weighted by Crippen LogP contribution is 2.26. The molecule has 0 aliphatic heterocycles. The van der Waals surface area contributed by atoms with Crippen molar-refractivity contribution < 1.29 is 31.1 Å². The Morgan fingerprint density at radius 1 is 0.548 bits per heavy atom. The van der Waals surface area contributed by atoms with Gasteiger partial charge < -0.3 is 9.47 Å². The molecule has 0 spiro atoms. The molecular formula is C31H32N2O7S2. The van der Waals surface area contributed by atoms with Crippen molar-refractivity contribution in [2.24, 2.45) is 0 Å². The van der Waals surface area contributed by atoms with E-state index in [1.165, 1.54) is 8.61 Å². The average molecular weight is 609 g/mol. The summed E-state index contributed by atoms with van der Waals surface area (Å²) >= 11 is 0. The molecule has 0 amide bonds. The van der Waals surface area contributed by atoms with E-state index in [9.17, 15) is 21.6 Å². The molecule has 220 valence electrons. The first-order chi connectivity index (χ1) is 19.9. The van der Waals surface area contributed by atoms with Crippen LogP contribution in [-0.4, -0.2) is 49.3 Å². The van der Waals surface area contributed by atoms with Crippen LogP contribution in [0.5, 0.6) is 11.5 Å². The molecule has 0 aliphatic rings. The third-order valence-corrected chi connectivity index (χ3v) is 8.89. The lowest BCUT2D eigenvalue weighted by molar-refractivity contribution is 0.103. The highest BCUT2D eigenvalue weighted by Gasteiger charge is 2.21. The molecule has 0 atom stereocenters. The van der Waals surface area contributed by atoms with Crippen molar-refractivity contribution in [3.63, 3.8) is 0 Å². The fraction of sp³-hybridized carbons (Fsp3) is 0.194. The highest BCUT2D eigenvalue weighted by molar-refractivity contribution is 7.92. The summed E-state index contributed by atoms with van der Waals surface area (Å²) in [6.45, 7) is 0.232. The molecule has 0 fully saturated rings. The zero-order valence-electron chi connectivity index (χ0n) is 23.7. The van der Waals surface area contributed by atoms with Crippen LogP contribution in [0.4, 0.5) is 11.4 Å². The van der Waals surface area contributed by atoms with Gasteiger partial charge in [-0.1, -0.05) is 24.3 Å².